The van der Waals surface area contributed by atoms with E-state index < -0.39 is 0 Å². The van der Waals surface area contributed by atoms with Crippen molar-refractivity contribution >= 4 is 11.8 Å². The van der Waals surface area contributed by atoms with E-state index in [2.05, 4.69) is 33.6 Å². The van der Waals surface area contributed by atoms with E-state index >= 15 is 0 Å². The Balaban J connectivity index is 3.38. The molecular formula is C22H52N6O2+4. The summed E-state index contributed by atoms with van der Waals surface area (Å²) in [6.07, 6.45) is 15.3. The van der Waals surface area contributed by atoms with Crippen LogP contribution in [-0.4, -0.2) is 50.1 Å². The highest BCUT2D eigenvalue weighted by molar-refractivity contribution is 5.80. The lowest BCUT2D eigenvalue weighted by atomic mass is 10.1. The highest BCUT2D eigenvalue weighted by Crippen LogP contribution is 2.08. The normalized spacial score (nSPS) is 13.1. The van der Waals surface area contributed by atoms with Crippen molar-refractivity contribution in [1.82, 2.24) is 10.6 Å². The average molecular weight is 433 g/mol. The van der Waals surface area contributed by atoms with Crippen LogP contribution in [0.4, 0.5) is 0 Å². The third-order valence-corrected chi connectivity index (χ3v) is 5.55. The van der Waals surface area contributed by atoms with Crippen LogP contribution in [0, 0.1) is 0 Å². The van der Waals surface area contributed by atoms with Gasteiger partial charge in [0.25, 0.3) is 11.8 Å². The minimum atomic E-state index is -0.126. The zero-order valence-corrected chi connectivity index (χ0v) is 19.5. The van der Waals surface area contributed by atoms with Gasteiger partial charge in [-0.05, 0) is 38.5 Å². The van der Waals surface area contributed by atoms with Crippen molar-refractivity contribution in [3.8, 4) is 0 Å². The van der Waals surface area contributed by atoms with Crippen LogP contribution in [0.2, 0.25) is 0 Å². The molecule has 0 saturated carbocycles. The Labute approximate surface area is 183 Å². The summed E-state index contributed by atoms with van der Waals surface area (Å²) < 4.78 is 0. The summed E-state index contributed by atoms with van der Waals surface area (Å²) in [6.45, 7) is 3.39. The van der Waals surface area contributed by atoms with Gasteiger partial charge in [0.2, 0.25) is 0 Å². The number of rotatable bonds is 21. The summed E-state index contributed by atoms with van der Waals surface area (Å²) in [5, 5.41) is 6.01. The molecule has 178 valence electrons. The van der Waals surface area contributed by atoms with E-state index in [1.807, 2.05) is 0 Å². The Bertz CT molecular complexity index is 384. The van der Waals surface area contributed by atoms with Crippen LogP contribution in [0.3, 0.4) is 0 Å². The lowest BCUT2D eigenvalue weighted by Crippen LogP contribution is -2.67. The number of amides is 2. The summed E-state index contributed by atoms with van der Waals surface area (Å²) >= 11 is 0. The molecule has 0 heterocycles. The van der Waals surface area contributed by atoms with Gasteiger partial charge in [0.15, 0.2) is 12.1 Å². The maximum atomic E-state index is 11.9. The molecule has 2 unspecified atom stereocenters. The van der Waals surface area contributed by atoms with E-state index in [4.69, 9.17) is 0 Å². The average Bonchev–Trinajstić information content (AvgIpc) is 2.74. The van der Waals surface area contributed by atoms with Gasteiger partial charge in [0.1, 0.15) is 0 Å². The van der Waals surface area contributed by atoms with Crippen LogP contribution in [0.25, 0.3) is 0 Å². The third-order valence-electron chi connectivity index (χ3n) is 5.55. The maximum absolute atomic E-state index is 11.9. The molecule has 2 atom stereocenters. The van der Waals surface area contributed by atoms with Gasteiger partial charge in [-0.3, -0.25) is 9.59 Å². The fourth-order valence-corrected chi connectivity index (χ4v) is 3.42. The first-order chi connectivity index (χ1) is 14.5. The number of nitrogens with one attached hydrogen (secondary N) is 2. The summed E-state index contributed by atoms with van der Waals surface area (Å²) in [5.41, 5.74) is 15.5. The van der Waals surface area contributed by atoms with Gasteiger partial charge < -0.3 is 33.6 Å². The number of carbonyl (C=O) groups is 2. The predicted molar refractivity (Wildman–Crippen MR) is 120 cm³/mol. The second-order valence-corrected chi connectivity index (χ2v) is 8.50. The van der Waals surface area contributed by atoms with Crippen LogP contribution < -0.4 is 33.6 Å². The topological polar surface area (TPSA) is 169 Å². The quantitative estimate of drug-likeness (QED) is 0.120. The summed E-state index contributed by atoms with van der Waals surface area (Å²) in [5.74, 6) is 0.184. The first-order valence-corrected chi connectivity index (χ1v) is 12.3. The van der Waals surface area contributed by atoms with E-state index in [1.165, 1.54) is 38.5 Å². The first kappa shape index (κ1) is 28.8. The number of hydrogen-bond donors (Lipinski definition) is 6. The molecule has 0 saturated heterocycles. The minimum Gasteiger partial charge on any atom is -0.358 e. The molecule has 0 spiro atoms. The molecule has 0 bridgehead atoms. The van der Waals surface area contributed by atoms with Crippen LogP contribution in [0.1, 0.15) is 89.9 Å². The molecule has 14 N–H and O–H groups in total. The molecule has 0 fully saturated rings. The lowest BCUT2D eigenvalue weighted by Gasteiger charge is -2.09. The zero-order valence-electron chi connectivity index (χ0n) is 19.5. The molecule has 0 aromatic heterocycles. The van der Waals surface area contributed by atoms with Crippen molar-refractivity contribution in [1.29, 1.82) is 0 Å². The molecule has 2 amide bonds. The van der Waals surface area contributed by atoms with E-state index in [-0.39, 0.29) is 23.9 Å². The molecule has 8 nitrogen and oxygen atoms in total. The van der Waals surface area contributed by atoms with Gasteiger partial charge in [0.05, 0.1) is 13.1 Å². The van der Waals surface area contributed by atoms with Gasteiger partial charge in [-0.25, -0.2) is 0 Å². The number of quaternary nitrogens is 4. The molecule has 0 rings (SSSR count). The number of carbonyl (C=O) groups excluding carboxylic acids is 2. The van der Waals surface area contributed by atoms with Gasteiger partial charge in [0, 0.05) is 25.9 Å². The number of unbranched alkanes of at least 4 members (excludes halogenated alkanes) is 9. The van der Waals surface area contributed by atoms with Gasteiger partial charge in [-0.1, -0.05) is 38.5 Å². The van der Waals surface area contributed by atoms with Crippen molar-refractivity contribution in [3.63, 3.8) is 0 Å². The highest BCUT2D eigenvalue weighted by atomic mass is 16.2. The van der Waals surface area contributed by atoms with Crippen LogP contribution in [0.5, 0.6) is 0 Å². The van der Waals surface area contributed by atoms with Crippen molar-refractivity contribution in [2.24, 2.45) is 0 Å². The minimum absolute atomic E-state index is 0.0922. The monoisotopic (exact) mass is 432 g/mol. The summed E-state index contributed by atoms with van der Waals surface area (Å²) in [7, 11) is 0. The molecule has 0 aromatic rings. The molecule has 0 aliphatic carbocycles. The van der Waals surface area contributed by atoms with Crippen molar-refractivity contribution in [3.05, 3.63) is 0 Å². The van der Waals surface area contributed by atoms with Crippen molar-refractivity contribution < 1.29 is 32.5 Å². The highest BCUT2D eigenvalue weighted by Gasteiger charge is 2.16. The van der Waals surface area contributed by atoms with Crippen LogP contribution in [-0.2, 0) is 9.59 Å². The Morgan fingerprint density at radius 1 is 0.533 bits per heavy atom. The standard InChI is InChI=1S/C22H48N6O2/c23-15-9-7-13-19(25)21(29)27-17-11-5-3-1-2-4-6-12-18-28-22(30)20(26)14-8-10-16-24/h19-20H,1-18,23-26H2,(H,27,29)(H,28,30)/p+4. The second kappa shape index (κ2) is 21.0. The summed E-state index contributed by atoms with van der Waals surface area (Å²) in [6, 6.07) is -0.251. The molecule has 30 heavy (non-hydrogen) atoms. The van der Waals surface area contributed by atoms with E-state index in [0.717, 1.165) is 77.5 Å². The molecule has 8 heteroatoms. The maximum Gasteiger partial charge on any atom is 0.278 e. The molecule has 0 radical (unpaired) electrons. The Hall–Kier alpha value is -1.22. The fraction of sp³-hybridized carbons (Fsp3) is 0.909. The van der Waals surface area contributed by atoms with Gasteiger partial charge >= 0.3 is 0 Å². The van der Waals surface area contributed by atoms with E-state index in [0.29, 0.717) is 0 Å². The first-order valence-electron chi connectivity index (χ1n) is 12.3. The molecule has 0 aliphatic rings. The molecular weight excluding hydrogens is 380 g/mol. The molecule has 0 aromatic carbocycles. The fourth-order valence-electron chi connectivity index (χ4n) is 3.42. The van der Waals surface area contributed by atoms with Crippen molar-refractivity contribution in [2.45, 2.75) is 102 Å². The van der Waals surface area contributed by atoms with E-state index in [9.17, 15) is 9.59 Å². The van der Waals surface area contributed by atoms with E-state index in [1.54, 1.807) is 0 Å². The Morgan fingerprint density at radius 3 is 1.20 bits per heavy atom. The lowest BCUT2D eigenvalue weighted by molar-refractivity contribution is -0.406. The Morgan fingerprint density at radius 2 is 0.867 bits per heavy atom. The second-order valence-electron chi connectivity index (χ2n) is 8.50. The number of hydrogen-bond acceptors (Lipinski definition) is 2. The van der Waals surface area contributed by atoms with Gasteiger partial charge in [-0.15, -0.1) is 0 Å². The Kier molecular flexibility index (Phi) is 20.2. The van der Waals surface area contributed by atoms with Crippen molar-refractivity contribution in [2.75, 3.05) is 26.2 Å². The smallest absolute Gasteiger partial charge is 0.278 e. The third kappa shape index (κ3) is 17.6. The van der Waals surface area contributed by atoms with Gasteiger partial charge in [-0.2, -0.15) is 0 Å². The predicted octanol–water partition coefficient (Wildman–Crippen LogP) is -1.61. The van der Waals surface area contributed by atoms with Crippen LogP contribution in [0.15, 0.2) is 0 Å². The molecule has 0 aliphatic heterocycles. The summed E-state index contributed by atoms with van der Waals surface area (Å²) in [4.78, 5) is 23.8. The zero-order chi connectivity index (χ0) is 22.5. The largest absolute Gasteiger partial charge is 0.358 e. The van der Waals surface area contributed by atoms with Crippen LogP contribution >= 0.6 is 0 Å². The SMILES string of the molecule is [NH3+]CCCCC([NH3+])C(=O)NCCCCCCCCCCNC(=O)C([NH3+])CCCC[NH3+].